The van der Waals surface area contributed by atoms with Crippen molar-refractivity contribution >= 4 is 11.6 Å². The van der Waals surface area contributed by atoms with Crippen molar-refractivity contribution in [2.75, 3.05) is 7.11 Å². The number of aryl methyl sites for hydroxylation is 1. The van der Waals surface area contributed by atoms with Crippen LogP contribution in [0.4, 0.5) is 4.39 Å². The molecule has 0 aliphatic heterocycles. The van der Waals surface area contributed by atoms with Crippen LogP contribution in [0, 0.1) is 24.1 Å². The zero-order valence-corrected chi connectivity index (χ0v) is 8.65. The van der Waals surface area contributed by atoms with Gasteiger partial charge in [0.25, 0.3) is 0 Å². The molecule has 1 aromatic rings. The van der Waals surface area contributed by atoms with E-state index in [4.69, 9.17) is 21.6 Å². The Morgan fingerprint density at radius 3 is 2.79 bits per heavy atom. The molecule has 14 heavy (non-hydrogen) atoms. The first-order chi connectivity index (χ1) is 6.61. The van der Waals surface area contributed by atoms with E-state index < -0.39 is 5.82 Å². The van der Waals surface area contributed by atoms with Gasteiger partial charge in [-0.15, -0.1) is 0 Å². The molecule has 0 aliphatic rings. The third-order valence-corrected chi connectivity index (χ3v) is 2.19. The molecule has 0 amide bonds. The van der Waals surface area contributed by atoms with Crippen molar-refractivity contribution in [1.29, 1.82) is 5.26 Å². The Morgan fingerprint density at radius 1 is 1.64 bits per heavy atom. The van der Waals surface area contributed by atoms with Gasteiger partial charge in [0.15, 0.2) is 0 Å². The molecule has 0 spiro atoms. The second kappa shape index (κ2) is 4.30. The smallest absolute Gasteiger partial charge is 0.149 e. The minimum absolute atomic E-state index is 0.0218. The first-order valence-electron chi connectivity index (χ1n) is 4.00. The van der Waals surface area contributed by atoms with Crippen LogP contribution in [0.25, 0.3) is 0 Å². The maximum atomic E-state index is 13.5. The maximum absolute atomic E-state index is 13.5. The number of nitrogens with zero attached hydrogens (tertiary/aromatic N) is 1. The van der Waals surface area contributed by atoms with Crippen molar-refractivity contribution in [2.45, 2.75) is 13.3 Å². The molecule has 74 valence electrons. The summed E-state index contributed by atoms with van der Waals surface area (Å²) in [7, 11) is 1.44. The first-order valence-corrected chi connectivity index (χ1v) is 4.38. The highest BCUT2D eigenvalue weighted by molar-refractivity contribution is 6.31. The highest BCUT2D eigenvalue weighted by atomic mass is 35.5. The summed E-state index contributed by atoms with van der Waals surface area (Å²) in [6, 6.07) is 3.36. The standard InChI is InChI=1S/C10H9ClFNO/c1-6-5-8(11)9(12)7(3-4-13)10(6)14-2/h5H,3H2,1-2H3. The Balaban J connectivity index is 3.41. The summed E-state index contributed by atoms with van der Waals surface area (Å²) in [5.74, 6) is -0.177. The molecule has 0 fully saturated rings. The fourth-order valence-corrected chi connectivity index (χ4v) is 1.60. The minimum Gasteiger partial charge on any atom is -0.496 e. The topological polar surface area (TPSA) is 33.0 Å². The maximum Gasteiger partial charge on any atom is 0.149 e. The number of halogens is 2. The Kier molecular flexibility index (Phi) is 3.32. The van der Waals surface area contributed by atoms with Crippen molar-refractivity contribution in [2.24, 2.45) is 0 Å². The molecular weight excluding hydrogens is 205 g/mol. The normalized spacial score (nSPS) is 9.64. The van der Waals surface area contributed by atoms with Gasteiger partial charge >= 0.3 is 0 Å². The van der Waals surface area contributed by atoms with E-state index in [0.717, 1.165) is 5.56 Å². The molecule has 0 saturated heterocycles. The van der Waals surface area contributed by atoms with Crippen LogP contribution >= 0.6 is 11.6 Å². The van der Waals surface area contributed by atoms with Gasteiger partial charge in [0.05, 0.1) is 24.6 Å². The van der Waals surface area contributed by atoms with Crippen LogP contribution in [0.2, 0.25) is 5.02 Å². The number of ether oxygens (including phenoxy) is 1. The van der Waals surface area contributed by atoms with Crippen molar-refractivity contribution < 1.29 is 9.13 Å². The third kappa shape index (κ3) is 1.80. The molecule has 0 bridgehead atoms. The van der Waals surface area contributed by atoms with E-state index in [1.54, 1.807) is 6.92 Å². The summed E-state index contributed by atoms with van der Waals surface area (Å²) in [6.45, 7) is 1.75. The quantitative estimate of drug-likeness (QED) is 0.757. The summed E-state index contributed by atoms with van der Waals surface area (Å²) >= 11 is 5.64. The van der Waals surface area contributed by atoms with Crippen molar-refractivity contribution in [1.82, 2.24) is 0 Å². The van der Waals surface area contributed by atoms with E-state index in [9.17, 15) is 4.39 Å². The van der Waals surface area contributed by atoms with Crippen LogP contribution in [0.1, 0.15) is 11.1 Å². The Morgan fingerprint density at radius 2 is 2.29 bits per heavy atom. The predicted molar refractivity (Wildman–Crippen MR) is 52.0 cm³/mol. The zero-order chi connectivity index (χ0) is 10.7. The van der Waals surface area contributed by atoms with Crippen LogP contribution in [0.5, 0.6) is 5.75 Å². The largest absolute Gasteiger partial charge is 0.496 e. The van der Waals surface area contributed by atoms with Gasteiger partial charge in [-0.25, -0.2) is 4.39 Å². The van der Waals surface area contributed by atoms with Crippen LogP contribution in [-0.2, 0) is 6.42 Å². The van der Waals surface area contributed by atoms with Gasteiger partial charge in [-0.2, -0.15) is 5.26 Å². The molecule has 1 rings (SSSR count). The summed E-state index contributed by atoms with van der Waals surface area (Å²) in [6.07, 6.45) is -0.0452. The van der Waals surface area contributed by atoms with Crippen molar-refractivity contribution in [3.05, 3.63) is 28.0 Å². The monoisotopic (exact) mass is 213 g/mol. The van der Waals surface area contributed by atoms with Crippen LogP contribution < -0.4 is 4.74 Å². The van der Waals surface area contributed by atoms with Crippen molar-refractivity contribution in [3.63, 3.8) is 0 Å². The fourth-order valence-electron chi connectivity index (χ4n) is 1.32. The highest BCUT2D eigenvalue weighted by Gasteiger charge is 2.15. The SMILES string of the molecule is COc1c(C)cc(Cl)c(F)c1CC#N. The highest BCUT2D eigenvalue weighted by Crippen LogP contribution is 2.31. The minimum atomic E-state index is -0.573. The lowest BCUT2D eigenvalue weighted by molar-refractivity contribution is 0.403. The first kappa shape index (κ1) is 10.8. The van der Waals surface area contributed by atoms with Crippen LogP contribution in [0.3, 0.4) is 0 Å². The molecule has 0 aliphatic carbocycles. The molecule has 4 heteroatoms. The molecule has 0 heterocycles. The fraction of sp³-hybridized carbons (Fsp3) is 0.300. The zero-order valence-electron chi connectivity index (χ0n) is 7.90. The Hall–Kier alpha value is -1.27. The number of rotatable bonds is 2. The van der Waals surface area contributed by atoms with Crippen molar-refractivity contribution in [3.8, 4) is 11.8 Å². The Labute approximate surface area is 86.9 Å². The van der Waals surface area contributed by atoms with Gasteiger partial charge in [-0.1, -0.05) is 11.6 Å². The third-order valence-electron chi connectivity index (χ3n) is 1.91. The molecular formula is C10H9ClFNO. The van der Waals surface area contributed by atoms with Gasteiger partial charge in [-0.05, 0) is 18.6 Å². The molecule has 1 aromatic carbocycles. The molecule has 0 saturated carbocycles. The predicted octanol–water partition coefficient (Wildman–Crippen LogP) is 2.86. The van der Waals surface area contributed by atoms with Gasteiger partial charge in [0, 0.05) is 5.56 Å². The van der Waals surface area contributed by atoms with Gasteiger partial charge in [-0.3, -0.25) is 0 Å². The molecule has 0 atom stereocenters. The number of nitriles is 1. The van der Waals surface area contributed by atoms with E-state index in [-0.39, 0.29) is 17.0 Å². The number of benzene rings is 1. The summed E-state index contributed by atoms with van der Waals surface area (Å²) in [5.41, 5.74) is 0.948. The second-order valence-corrected chi connectivity index (χ2v) is 3.24. The van der Waals surface area contributed by atoms with Gasteiger partial charge < -0.3 is 4.74 Å². The summed E-state index contributed by atoms with van der Waals surface area (Å²) in [4.78, 5) is 0. The number of methoxy groups -OCH3 is 1. The second-order valence-electron chi connectivity index (χ2n) is 2.84. The van der Waals surface area contributed by atoms with E-state index in [1.807, 2.05) is 6.07 Å². The summed E-state index contributed by atoms with van der Waals surface area (Å²) in [5, 5.41) is 8.55. The average molecular weight is 214 g/mol. The summed E-state index contributed by atoms with van der Waals surface area (Å²) < 4.78 is 18.5. The molecule has 0 unspecified atom stereocenters. The average Bonchev–Trinajstić information content (AvgIpc) is 2.14. The van der Waals surface area contributed by atoms with Gasteiger partial charge in [0.2, 0.25) is 0 Å². The molecule has 0 N–H and O–H groups in total. The van der Waals surface area contributed by atoms with E-state index in [2.05, 4.69) is 0 Å². The van der Waals surface area contributed by atoms with Crippen LogP contribution in [-0.4, -0.2) is 7.11 Å². The van der Waals surface area contributed by atoms with E-state index in [0.29, 0.717) is 5.75 Å². The lowest BCUT2D eigenvalue weighted by Gasteiger charge is -2.11. The van der Waals surface area contributed by atoms with Gasteiger partial charge in [0.1, 0.15) is 11.6 Å². The van der Waals surface area contributed by atoms with E-state index in [1.165, 1.54) is 13.2 Å². The molecule has 2 nitrogen and oxygen atoms in total. The number of hydrogen-bond acceptors (Lipinski definition) is 2. The number of hydrogen-bond donors (Lipinski definition) is 0. The van der Waals surface area contributed by atoms with E-state index >= 15 is 0 Å². The Bertz CT molecular complexity index is 398. The molecule has 0 radical (unpaired) electrons. The lowest BCUT2D eigenvalue weighted by atomic mass is 10.1. The molecule has 0 aromatic heterocycles. The van der Waals surface area contributed by atoms with Crippen LogP contribution in [0.15, 0.2) is 6.07 Å². The lowest BCUT2D eigenvalue weighted by Crippen LogP contribution is -1.98.